The normalized spacial score (nSPS) is 15.3. The molecule has 1 N–H and O–H groups in total. The molecule has 0 unspecified atom stereocenters. The summed E-state index contributed by atoms with van der Waals surface area (Å²) in [7, 11) is 3.15. The van der Waals surface area contributed by atoms with Gasteiger partial charge in [-0.25, -0.2) is 0 Å². The molecule has 144 valence electrons. The first kappa shape index (κ1) is 19.2. The summed E-state index contributed by atoms with van der Waals surface area (Å²) in [5, 5.41) is 3.06. The van der Waals surface area contributed by atoms with E-state index in [-0.39, 0.29) is 5.91 Å². The van der Waals surface area contributed by atoms with Crippen molar-refractivity contribution in [2.24, 2.45) is 5.92 Å². The van der Waals surface area contributed by atoms with Gasteiger partial charge in [0.05, 0.1) is 14.2 Å². The molecule has 6 nitrogen and oxygen atoms in total. The molecule has 3 rings (SSSR count). The van der Waals surface area contributed by atoms with E-state index < -0.39 is 0 Å². The van der Waals surface area contributed by atoms with Crippen LogP contribution in [0.3, 0.4) is 0 Å². The zero-order valence-corrected chi connectivity index (χ0v) is 16.0. The highest BCUT2D eigenvalue weighted by molar-refractivity contribution is 5.94. The lowest BCUT2D eigenvalue weighted by atomic mass is 9.96. The van der Waals surface area contributed by atoms with Gasteiger partial charge in [0.2, 0.25) is 0 Å². The molecule has 0 atom stereocenters. The van der Waals surface area contributed by atoms with Gasteiger partial charge in [0.1, 0.15) is 0 Å². The number of hydrogen-bond donors (Lipinski definition) is 1. The molecule has 0 bridgehead atoms. The van der Waals surface area contributed by atoms with Crippen molar-refractivity contribution in [1.82, 2.24) is 15.2 Å². The number of methoxy groups -OCH3 is 2. The first-order valence-corrected chi connectivity index (χ1v) is 9.31. The van der Waals surface area contributed by atoms with Crippen LogP contribution in [0.4, 0.5) is 0 Å². The maximum Gasteiger partial charge on any atom is 0.251 e. The minimum atomic E-state index is -0.0752. The van der Waals surface area contributed by atoms with Gasteiger partial charge in [0.15, 0.2) is 11.5 Å². The molecule has 0 saturated carbocycles. The fourth-order valence-corrected chi connectivity index (χ4v) is 3.42. The van der Waals surface area contributed by atoms with Crippen molar-refractivity contribution in [2.45, 2.75) is 19.4 Å². The van der Waals surface area contributed by atoms with Crippen LogP contribution in [0.15, 0.2) is 42.7 Å². The Bertz CT molecular complexity index is 744. The number of amides is 1. The summed E-state index contributed by atoms with van der Waals surface area (Å²) in [6.07, 6.45) is 5.91. The number of nitrogens with zero attached hydrogens (tertiary/aromatic N) is 2. The molecule has 2 aromatic rings. The maximum absolute atomic E-state index is 12.4. The second-order valence-corrected chi connectivity index (χ2v) is 6.86. The summed E-state index contributed by atoms with van der Waals surface area (Å²) in [6.45, 7) is 3.74. The first-order valence-electron chi connectivity index (χ1n) is 9.31. The van der Waals surface area contributed by atoms with Crippen LogP contribution in [0.2, 0.25) is 0 Å². The van der Waals surface area contributed by atoms with Gasteiger partial charge in [-0.3, -0.25) is 14.7 Å². The van der Waals surface area contributed by atoms with E-state index in [0.717, 1.165) is 32.5 Å². The Morgan fingerprint density at radius 2 is 1.96 bits per heavy atom. The topological polar surface area (TPSA) is 63.7 Å². The maximum atomic E-state index is 12.4. The molecule has 2 heterocycles. The van der Waals surface area contributed by atoms with Crippen LogP contribution in [0.1, 0.15) is 28.8 Å². The molecular formula is C21H27N3O3. The van der Waals surface area contributed by atoms with Gasteiger partial charge >= 0.3 is 0 Å². The molecule has 0 aliphatic carbocycles. The van der Waals surface area contributed by atoms with E-state index in [2.05, 4.69) is 21.3 Å². The summed E-state index contributed by atoms with van der Waals surface area (Å²) >= 11 is 0. The van der Waals surface area contributed by atoms with Crippen molar-refractivity contribution in [3.63, 3.8) is 0 Å². The second-order valence-electron chi connectivity index (χ2n) is 6.86. The molecular weight excluding hydrogens is 342 g/mol. The molecule has 1 amide bonds. The van der Waals surface area contributed by atoms with Gasteiger partial charge in [0.25, 0.3) is 5.91 Å². The second kappa shape index (κ2) is 9.37. The SMILES string of the molecule is COc1ccc(C(=O)NCC2CCN(Cc3cccnc3)CC2)cc1OC. The number of carbonyl (C=O) groups excluding carboxylic acids is 1. The number of hydrogen-bond acceptors (Lipinski definition) is 5. The molecule has 1 fully saturated rings. The lowest BCUT2D eigenvalue weighted by Crippen LogP contribution is -2.38. The van der Waals surface area contributed by atoms with E-state index in [1.54, 1.807) is 38.6 Å². The fraction of sp³-hybridized carbons (Fsp3) is 0.429. The van der Waals surface area contributed by atoms with Crippen molar-refractivity contribution in [3.05, 3.63) is 53.9 Å². The van der Waals surface area contributed by atoms with Crippen molar-refractivity contribution in [3.8, 4) is 11.5 Å². The molecule has 27 heavy (non-hydrogen) atoms. The Labute approximate surface area is 160 Å². The van der Waals surface area contributed by atoms with Gasteiger partial charge in [-0.1, -0.05) is 6.07 Å². The molecule has 0 radical (unpaired) electrons. The van der Waals surface area contributed by atoms with Crippen LogP contribution in [-0.2, 0) is 6.54 Å². The number of piperidine rings is 1. The smallest absolute Gasteiger partial charge is 0.251 e. The minimum Gasteiger partial charge on any atom is -0.493 e. The zero-order chi connectivity index (χ0) is 19.1. The van der Waals surface area contributed by atoms with Crippen LogP contribution >= 0.6 is 0 Å². The summed E-state index contributed by atoms with van der Waals surface area (Å²) in [4.78, 5) is 19.1. The van der Waals surface area contributed by atoms with Crippen molar-refractivity contribution >= 4 is 5.91 Å². The van der Waals surface area contributed by atoms with E-state index >= 15 is 0 Å². The van der Waals surface area contributed by atoms with E-state index in [0.29, 0.717) is 29.5 Å². The van der Waals surface area contributed by atoms with Crippen LogP contribution < -0.4 is 14.8 Å². The van der Waals surface area contributed by atoms with Crippen LogP contribution in [0.25, 0.3) is 0 Å². The molecule has 0 spiro atoms. The average Bonchev–Trinajstić information content (AvgIpc) is 2.73. The monoisotopic (exact) mass is 369 g/mol. The van der Waals surface area contributed by atoms with Crippen molar-refractivity contribution < 1.29 is 14.3 Å². The molecule has 1 aliphatic rings. The number of carbonyl (C=O) groups is 1. The number of pyridine rings is 1. The predicted octanol–water partition coefficient (Wildman–Crippen LogP) is 2.74. The predicted molar refractivity (Wildman–Crippen MR) is 104 cm³/mol. The van der Waals surface area contributed by atoms with Crippen molar-refractivity contribution in [1.29, 1.82) is 0 Å². The number of likely N-dealkylation sites (tertiary alicyclic amines) is 1. The van der Waals surface area contributed by atoms with Crippen molar-refractivity contribution in [2.75, 3.05) is 33.9 Å². The van der Waals surface area contributed by atoms with Crippen LogP contribution in [0.5, 0.6) is 11.5 Å². The van der Waals surface area contributed by atoms with E-state index in [4.69, 9.17) is 9.47 Å². The van der Waals surface area contributed by atoms with Gasteiger partial charge < -0.3 is 14.8 Å². The Kier molecular flexibility index (Phi) is 6.65. The lowest BCUT2D eigenvalue weighted by molar-refractivity contribution is 0.0935. The average molecular weight is 369 g/mol. The molecule has 1 aromatic carbocycles. The third-order valence-electron chi connectivity index (χ3n) is 5.03. The first-order chi connectivity index (χ1) is 13.2. The van der Waals surface area contributed by atoms with Gasteiger partial charge in [-0.2, -0.15) is 0 Å². The summed E-state index contributed by atoms with van der Waals surface area (Å²) in [6, 6.07) is 9.32. The van der Waals surface area contributed by atoms with Gasteiger partial charge in [-0.05, 0) is 61.7 Å². The Morgan fingerprint density at radius 3 is 2.63 bits per heavy atom. The molecule has 1 saturated heterocycles. The van der Waals surface area contributed by atoms with E-state index in [1.807, 2.05) is 12.3 Å². The van der Waals surface area contributed by atoms with Gasteiger partial charge in [-0.15, -0.1) is 0 Å². The molecule has 1 aliphatic heterocycles. The highest BCUT2D eigenvalue weighted by atomic mass is 16.5. The van der Waals surface area contributed by atoms with Crippen LogP contribution in [0, 0.1) is 5.92 Å². The highest BCUT2D eigenvalue weighted by Crippen LogP contribution is 2.27. The summed E-state index contributed by atoms with van der Waals surface area (Å²) in [5.74, 6) is 1.62. The molecule has 1 aromatic heterocycles. The standard InChI is InChI=1S/C21H27N3O3/c1-26-19-6-5-18(12-20(19)27-2)21(25)23-14-16-7-10-24(11-8-16)15-17-4-3-9-22-13-17/h3-6,9,12-13,16H,7-8,10-11,14-15H2,1-2H3,(H,23,25). The molecule has 6 heteroatoms. The Balaban J connectivity index is 1.45. The van der Waals surface area contributed by atoms with E-state index in [9.17, 15) is 4.79 Å². The zero-order valence-electron chi connectivity index (χ0n) is 16.0. The Morgan fingerprint density at radius 1 is 1.19 bits per heavy atom. The summed E-state index contributed by atoms with van der Waals surface area (Å²) < 4.78 is 10.5. The summed E-state index contributed by atoms with van der Waals surface area (Å²) in [5.41, 5.74) is 1.83. The number of rotatable bonds is 7. The van der Waals surface area contributed by atoms with E-state index in [1.165, 1.54) is 5.56 Å². The van der Waals surface area contributed by atoms with Gasteiger partial charge in [0, 0.05) is 31.0 Å². The Hall–Kier alpha value is -2.60. The van der Waals surface area contributed by atoms with Crippen LogP contribution in [-0.4, -0.2) is 49.6 Å². The third kappa shape index (κ3) is 5.20. The lowest BCUT2D eigenvalue weighted by Gasteiger charge is -2.32. The fourth-order valence-electron chi connectivity index (χ4n) is 3.42. The number of nitrogens with one attached hydrogen (secondary N) is 1. The quantitative estimate of drug-likeness (QED) is 0.813. The number of aromatic nitrogens is 1. The minimum absolute atomic E-state index is 0.0752. The third-order valence-corrected chi connectivity index (χ3v) is 5.03. The highest BCUT2D eigenvalue weighted by Gasteiger charge is 2.20. The number of benzene rings is 1. The largest absolute Gasteiger partial charge is 0.493 e. The number of ether oxygens (including phenoxy) is 2.